The number of nitrogens with one attached hydrogen (secondary N) is 1. The lowest BCUT2D eigenvalue weighted by Gasteiger charge is -2.28. The summed E-state index contributed by atoms with van der Waals surface area (Å²) >= 11 is 0. The third-order valence-corrected chi connectivity index (χ3v) is 4.99. The van der Waals surface area contributed by atoms with Crippen molar-refractivity contribution in [2.24, 2.45) is 0 Å². The van der Waals surface area contributed by atoms with Gasteiger partial charge in [-0.15, -0.1) is 0 Å². The van der Waals surface area contributed by atoms with Crippen LogP contribution in [0.1, 0.15) is 23.1 Å². The van der Waals surface area contributed by atoms with Crippen LogP contribution < -0.4 is 5.32 Å². The first kappa shape index (κ1) is 16.9. The van der Waals surface area contributed by atoms with E-state index >= 15 is 0 Å². The summed E-state index contributed by atoms with van der Waals surface area (Å²) in [6, 6.07) is 17.3. The minimum atomic E-state index is 0.903. The fourth-order valence-corrected chi connectivity index (χ4v) is 3.51. The normalized spacial score (nSPS) is 14.3. The Hall–Kier alpha value is -2.50. The fourth-order valence-electron chi connectivity index (χ4n) is 3.51. The summed E-state index contributed by atoms with van der Waals surface area (Å²) in [5.41, 5.74) is 5.35. The Labute approximate surface area is 154 Å². The summed E-state index contributed by atoms with van der Waals surface area (Å²) in [5, 5.41) is 7.70. The van der Waals surface area contributed by atoms with Gasteiger partial charge in [0.15, 0.2) is 0 Å². The third-order valence-electron chi connectivity index (χ3n) is 4.99. The van der Waals surface area contributed by atoms with Crippen molar-refractivity contribution in [1.82, 2.24) is 25.0 Å². The van der Waals surface area contributed by atoms with E-state index < -0.39 is 0 Å². The predicted molar refractivity (Wildman–Crippen MR) is 103 cm³/mol. The van der Waals surface area contributed by atoms with Crippen molar-refractivity contribution in [1.29, 1.82) is 0 Å². The molecule has 0 unspecified atom stereocenters. The van der Waals surface area contributed by atoms with Crippen LogP contribution in [0.15, 0.2) is 61.2 Å². The van der Waals surface area contributed by atoms with Gasteiger partial charge in [0.1, 0.15) is 12.7 Å². The molecule has 0 saturated heterocycles. The van der Waals surface area contributed by atoms with E-state index in [1.807, 2.05) is 0 Å². The first-order chi connectivity index (χ1) is 12.9. The Morgan fingerprint density at radius 1 is 1.00 bits per heavy atom. The molecule has 4 rings (SSSR count). The van der Waals surface area contributed by atoms with Crippen LogP contribution in [0, 0.1) is 0 Å². The van der Waals surface area contributed by atoms with Crippen LogP contribution in [-0.2, 0) is 19.5 Å². The maximum atomic E-state index is 4.15. The van der Waals surface area contributed by atoms with Gasteiger partial charge in [-0.1, -0.05) is 36.4 Å². The van der Waals surface area contributed by atoms with Gasteiger partial charge in [0, 0.05) is 19.6 Å². The molecule has 1 aliphatic rings. The second kappa shape index (κ2) is 8.25. The van der Waals surface area contributed by atoms with Gasteiger partial charge >= 0.3 is 0 Å². The van der Waals surface area contributed by atoms with Crippen LogP contribution in [-0.4, -0.2) is 39.3 Å². The van der Waals surface area contributed by atoms with Gasteiger partial charge in [0.25, 0.3) is 0 Å². The van der Waals surface area contributed by atoms with Crippen molar-refractivity contribution >= 4 is 0 Å². The Morgan fingerprint density at radius 2 is 1.85 bits per heavy atom. The van der Waals surface area contributed by atoms with Crippen LogP contribution in [0.4, 0.5) is 0 Å². The van der Waals surface area contributed by atoms with E-state index in [4.69, 9.17) is 0 Å². The zero-order valence-corrected chi connectivity index (χ0v) is 15.0. The number of hydrogen-bond acceptors (Lipinski definition) is 4. The van der Waals surface area contributed by atoms with E-state index in [0.29, 0.717) is 0 Å². The first-order valence-electron chi connectivity index (χ1n) is 9.32. The predicted octanol–water partition coefficient (Wildman–Crippen LogP) is 2.81. The molecule has 0 amide bonds. The van der Waals surface area contributed by atoms with Crippen molar-refractivity contribution in [3.8, 4) is 5.69 Å². The Morgan fingerprint density at radius 3 is 2.65 bits per heavy atom. The van der Waals surface area contributed by atoms with Crippen LogP contribution in [0.2, 0.25) is 0 Å². The van der Waals surface area contributed by atoms with E-state index in [1.54, 1.807) is 17.3 Å². The van der Waals surface area contributed by atoms with Crippen LogP contribution >= 0.6 is 0 Å². The van der Waals surface area contributed by atoms with Gasteiger partial charge in [0.05, 0.1) is 5.69 Å². The lowest BCUT2D eigenvalue weighted by atomic mass is 10.00. The quantitative estimate of drug-likeness (QED) is 0.668. The van der Waals surface area contributed by atoms with E-state index in [-0.39, 0.29) is 0 Å². The Balaban J connectivity index is 1.17. The smallest absolute Gasteiger partial charge is 0.138 e. The summed E-state index contributed by atoms with van der Waals surface area (Å²) in [7, 11) is 0. The molecule has 2 aromatic carbocycles. The fraction of sp³-hybridized carbons (Fsp3) is 0.333. The van der Waals surface area contributed by atoms with Crippen LogP contribution in [0.3, 0.4) is 0 Å². The summed E-state index contributed by atoms with van der Waals surface area (Å²) in [5.74, 6) is 0. The SMILES string of the molecule is c1ccc2c(c1)CCN(CCCNCc1ccc(-n3cncn3)cc1)C2. The average molecular weight is 347 g/mol. The largest absolute Gasteiger partial charge is 0.313 e. The van der Waals surface area contributed by atoms with Gasteiger partial charge in [0.2, 0.25) is 0 Å². The summed E-state index contributed by atoms with van der Waals surface area (Å²) in [6.07, 6.45) is 5.63. The molecule has 134 valence electrons. The van der Waals surface area contributed by atoms with Crippen LogP contribution in [0.25, 0.3) is 5.69 Å². The molecule has 1 aromatic heterocycles. The minimum Gasteiger partial charge on any atom is -0.313 e. The molecule has 1 N–H and O–H groups in total. The molecule has 26 heavy (non-hydrogen) atoms. The standard InChI is InChI=1S/C21H25N5/c1-2-5-20-15-25(13-10-19(20)4-1)12-3-11-22-14-18-6-8-21(9-7-18)26-17-23-16-24-26/h1-2,4-9,16-17,22H,3,10-15H2. The van der Waals surface area contributed by atoms with E-state index in [9.17, 15) is 0 Å². The second-order valence-corrected chi connectivity index (χ2v) is 6.83. The summed E-state index contributed by atoms with van der Waals surface area (Å²) in [6.45, 7) is 5.39. The number of benzene rings is 2. The molecule has 0 aliphatic carbocycles. The molecule has 1 aliphatic heterocycles. The molecule has 0 fully saturated rings. The van der Waals surface area contributed by atoms with Gasteiger partial charge in [-0.2, -0.15) is 5.10 Å². The molecule has 3 aromatic rings. The molecule has 0 radical (unpaired) electrons. The number of fused-ring (bicyclic) bond motifs is 1. The summed E-state index contributed by atoms with van der Waals surface area (Å²) in [4.78, 5) is 6.54. The molecule has 0 atom stereocenters. The third kappa shape index (κ3) is 4.18. The maximum absolute atomic E-state index is 4.15. The molecular weight excluding hydrogens is 322 g/mol. The first-order valence-corrected chi connectivity index (χ1v) is 9.32. The Kier molecular flexibility index (Phi) is 5.38. The molecule has 0 spiro atoms. The minimum absolute atomic E-state index is 0.903. The average Bonchev–Trinajstić information content (AvgIpc) is 3.23. The van der Waals surface area contributed by atoms with Crippen molar-refractivity contribution in [3.05, 3.63) is 77.9 Å². The highest BCUT2D eigenvalue weighted by Gasteiger charge is 2.14. The van der Waals surface area contributed by atoms with Gasteiger partial charge in [-0.05, 0) is 54.8 Å². The van der Waals surface area contributed by atoms with E-state index in [0.717, 1.165) is 31.9 Å². The van der Waals surface area contributed by atoms with Crippen molar-refractivity contribution in [3.63, 3.8) is 0 Å². The Bertz CT molecular complexity index is 811. The zero-order valence-electron chi connectivity index (χ0n) is 15.0. The highest BCUT2D eigenvalue weighted by atomic mass is 15.3. The number of aromatic nitrogens is 3. The number of rotatable bonds is 7. The number of nitrogens with zero attached hydrogens (tertiary/aromatic N) is 4. The van der Waals surface area contributed by atoms with Gasteiger partial charge in [-0.25, -0.2) is 9.67 Å². The summed E-state index contributed by atoms with van der Waals surface area (Å²) < 4.78 is 1.77. The van der Waals surface area contributed by atoms with Crippen LogP contribution in [0.5, 0.6) is 0 Å². The molecule has 5 nitrogen and oxygen atoms in total. The molecule has 0 saturated carbocycles. The maximum Gasteiger partial charge on any atom is 0.138 e. The topological polar surface area (TPSA) is 46.0 Å². The molecule has 0 bridgehead atoms. The van der Waals surface area contributed by atoms with Crippen molar-refractivity contribution < 1.29 is 0 Å². The second-order valence-electron chi connectivity index (χ2n) is 6.83. The lowest BCUT2D eigenvalue weighted by Crippen LogP contribution is -2.32. The monoisotopic (exact) mass is 347 g/mol. The molecule has 2 heterocycles. The number of hydrogen-bond donors (Lipinski definition) is 1. The van der Waals surface area contributed by atoms with Gasteiger partial charge < -0.3 is 5.32 Å². The highest BCUT2D eigenvalue weighted by molar-refractivity contribution is 5.33. The van der Waals surface area contributed by atoms with E-state index in [1.165, 1.54) is 36.1 Å². The zero-order chi connectivity index (χ0) is 17.6. The molecular formula is C21H25N5. The van der Waals surface area contributed by atoms with Crippen molar-refractivity contribution in [2.75, 3.05) is 19.6 Å². The lowest BCUT2D eigenvalue weighted by molar-refractivity contribution is 0.250. The highest BCUT2D eigenvalue weighted by Crippen LogP contribution is 2.18. The van der Waals surface area contributed by atoms with Crippen molar-refractivity contribution in [2.45, 2.75) is 25.9 Å². The van der Waals surface area contributed by atoms with Gasteiger partial charge in [-0.3, -0.25) is 4.90 Å². The molecule has 5 heteroatoms. The van der Waals surface area contributed by atoms with E-state index in [2.05, 4.69) is 68.8 Å².